The lowest BCUT2D eigenvalue weighted by atomic mass is 9.98. The number of alkyl carbamates (subject to hydrolysis) is 1. The summed E-state index contributed by atoms with van der Waals surface area (Å²) in [7, 11) is 0. The molecule has 1 saturated heterocycles. The van der Waals surface area contributed by atoms with Gasteiger partial charge in [0.15, 0.2) is 0 Å². The van der Waals surface area contributed by atoms with Gasteiger partial charge in [-0.3, -0.25) is 9.59 Å². The van der Waals surface area contributed by atoms with Gasteiger partial charge in [0, 0.05) is 25.4 Å². The first-order valence-corrected chi connectivity index (χ1v) is 11.2. The molecule has 32 heavy (non-hydrogen) atoms. The van der Waals surface area contributed by atoms with Crippen LogP contribution in [0.2, 0.25) is 0 Å². The number of ether oxygens (including phenoxy) is 1. The number of nitrogens with one attached hydrogen (secondary N) is 1. The Morgan fingerprint density at radius 3 is 2.16 bits per heavy atom. The highest BCUT2D eigenvalue weighted by Crippen LogP contribution is 2.44. The Bertz CT molecular complexity index is 954. The molecule has 7 heteroatoms. The lowest BCUT2D eigenvalue weighted by Gasteiger charge is -2.30. The van der Waals surface area contributed by atoms with Crippen molar-refractivity contribution >= 4 is 18.0 Å². The molecule has 4 rings (SSSR count). The predicted octanol–water partition coefficient (Wildman–Crippen LogP) is 3.77. The van der Waals surface area contributed by atoms with Gasteiger partial charge in [-0.25, -0.2) is 4.79 Å². The average molecular weight is 437 g/mol. The molecule has 1 aliphatic carbocycles. The van der Waals surface area contributed by atoms with Crippen LogP contribution in [0.1, 0.15) is 49.1 Å². The lowest BCUT2D eigenvalue weighted by molar-refractivity contribution is -0.138. The zero-order valence-corrected chi connectivity index (χ0v) is 18.0. The number of piperidine rings is 1. The highest BCUT2D eigenvalue weighted by atomic mass is 16.5. The van der Waals surface area contributed by atoms with E-state index in [0.29, 0.717) is 13.1 Å². The van der Waals surface area contributed by atoms with E-state index in [4.69, 9.17) is 9.84 Å². The van der Waals surface area contributed by atoms with Crippen LogP contribution in [0.5, 0.6) is 0 Å². The molecule has 1 fully saturated rings. The Morgan fingerprint density at radius 2 is 1.56 bits per heavy atom. The number of hydrogen-bond acceptors (Lipinski definition) is 4. The molecule has 0 radical (unpaired) electrons. The van der Waals surface area contributed by atoms with Crippen molar-refractivity contribution in [3.05, 3.63) is 59.7 Å². The number of likely N-dealkylation sites (tertiary alicyclic amines) is 1. The minimum absolute atomic E-state index is 0.0366. The van der Waals surface area contributed by atoms with Gasteiger partial charge in [-0.2, -0.15) is 0 Å². The molecule has 2 N–H and O–H groups in total. The number of carboxylic acids is 1. The molecule has 1 aliphatic heterocycles. The number of amides is 2. The maximum Gasteiger partial charge on any atom is 0.407 e. The van der Waals surface area contributed by atoms with E-state index in [1.165, 1.54) is 0 Å². The number of hydrogen-bond donors (Lipinski definition) is 2. The molecule has 2 aliphatic rings. The van der Waals surface area contributed by atoms with Crippen LogP contribution in [-0.2, 0) is 14.3 Å². The molecule has 2 aromatic carbocycles. The van der Waals surface area contributed by atoms with E-state index < -0.39 is 18.1 Å². The van der Waals surface area contributed by atoms with Gasteiger partial charge >= 0.3 is 12.1 Å². The van der Waals surface area contributed by atoms with E-state index in [1.807, 2.05) is 36.4 Å². The van der Waals surface area contributed by atoms with Crippen molar-refractivity contribution in [3.63, 3.8) is 0 Å². The highest BCUT2D eigenvalue weighted by molar-refractivity contribution is 5.86. The van der Waals surface area contributed by atoms with Crippen LogP contribution >= 0.6 is 0 Å². The van der Waals surface area contributed by atoms with Crippen LogP contribution < -0.4 is 5.32 Å². The van der Waals surface area contributed by atoms with E-state index in [-0.39, 0.29) is 31.3 Å². The summed E-state index contributed by atoms with van der Waals surface area (Å²) in [6.07, 6.45) is 2.05. The number of carboxylic acid groups (broad SMARTS) is 1. The van der Waals surface area contributed by atoms with Crippen LogP contribution in [0, 0.1) is 0 Å². The number of benzene rings is 2. The summed E-state index contributed by atoms with van der Waals surface area (Å²) in [5, 5.41) is 11.7. The Hall–Kier alpha value is -3.35. The minimum Gasteiger partial charge on any atom is -0.481 e. The first kappa shape index (κ1) is 21.9. The summed E-state index contributed by atoms with van der Waals surface area (Å²) in [6.45, 7) is 1.41. The van der Waals surface area contributed by atoms with Gasteiger partial charge in [-0.05, 0) is 47.9 Å². The maximum absolute atomic E-state index is 12.9. The molecule has 0 aromatic heterocycles. The summed E-state index contributed by atoms with van der Waals surface area (Å²) >= 11 is 0. The van der Waals surface area contributed by atoms with Gasteiger partial charge in [0.05, 0.1) is 0 Å². The van der Waals surface area contributed by atoms with Crippen molar-refractivity contribution < 1.29 is 24.2 Å². The number of fused-ring (bicyclic) bond motifs is 3. The van der Waals surface area contributed by atoms with Gasteiger partial charge in [-0.1, -0.05) is 48.5 Å². The zero-order chi connectivity index (χ0) is 22.5. The van der Waals surface area contributed by atoms with E-state index in [2.05, 4.69) is 17.4 Å². The van der Waals surface area contributed by atoms with Crippen LogP contribution in [0.25, 0.3) is 11.1 Å². The number of nitrogens with zero attached hydrogens (tertiary/aromatic N) is 1. The van der Waals surface area contributed by atoms with Crippen LogP contribution in [0.3, 0.4) is 0 Å². The molecule has 2 amide bonds. The molecule has 2 aromatic rings. The van der Waals surface area contributed by atoms with Gasteiger partial charge in [-0.15, -0.1) is 0 Å². The van der Waals surface area contributed by atoms with E-state index in [9.17, 15) is 14.4 Å². The largest absolute Gasteiger partial charge is 0.481 e. The monoisotopic (exact) mass is 436 g/mol. The third kappa shape index (κ3) is 4.77. The van der Waals surface area contributed by atoms with Gasteiger partial charge in [0.2, 0.25) is 5.91 Å². The lowest BCUT2D eigenvalue weighted by Crippen LogP contribution is -2.50. The third-order valence-corrected chi connectivity index (χ3v) is 6.25. The molecule has 7 nitrogen and oxygen atoms in total. The Labute approximate surface area is 187 Å². The molecule has 0 unspecified atom stereocenters. The van der Waals surface area contributed by atoms with Gasteiger partial charge < -0.3 is 20.1 Å². The standard InChI is InChI=1S/C25H28N2O5/c28-23(29)13-12-22(24(30)27-14-6-1-7-15-27)26-25(31)32-16-21-19-10-4-2-8-17(19)18-9-3-5-11-20(18)21/h2-5,8-11,21-22H,1,6-7,12-16H2,(H,26,31)(H,28,29)/t22-/m0/s1. The fourth-order valence-corrected chi connectivity index (χ4v) is 4.64. The molecule has 1 atom stereocenters. The second-order valence-corrected chi connectivity index (χ2v) is 8.34. The highest BCUT2D eigenvalue weighted by Gasteiger charge is 2.31. The number of rotatable bonds is 7. The fourth-order valence-electron chi connectivity index (χ4n) is 4.64. The topological polar surface area (TPSA) is 95.9 Å². The normalized spacial score (nSPS) is 16.1. The fraction of sp³-hybridized carbons (Fsp3) is 0.400. The van der Waals surface area contributed by atoms with Crippen molar-refractivity contribution in [1.29, 1.82) is 0 Å². The summed E-state index contributed by atoms with van der Waals surface area (Å²) in [4.78, 5) is 38.3. The zero-order valence-electron chi connectivity index (χ0n) is 18.0. The molecule has 0 bridgehead atoms. The smallest absolute Gasteiger partial charge is 0.407 e. The number of aliphatic carboxylic acids is 1. The SMILES string of the molecule is O=C(O)CC[C@H](NC(=O)OCC1c2ccccc2-c2ccccc21)C(=O)N1CCCCC1. The van der Waals surface area contributed by atoms with Crippen molar-refractivity contribution in [2.75, 3.05) is 19.7 Å². The summed E-state index contributed by atoms with van der Waals surface area (Å²) < 4.78 is 5.55. The maximum atomic E-state index is 12.9. The molecule has 1 heterocycles. The second-order valence-electron chi connectivity index (χ2n) is 8.34. The van der Waals surface area contributed by atoms with Crippen LogP contribution in [-0.4, -0.2) is 53.7 Å². The first-order valence-electron chi connectivity index (χ1n) is 11.2. The second kappa shape index (κ2) is 9.85. The Morgan fingerprint density at radius 1 is 0.969 bits per heavy atom. The summed E-state index contributed by atoms with van der Waals surface area (Å²) in [5.41, 5.74) is 4.48. The molecule has 0 saturated carbocycles. The van der Waals surface area contributed by atoms with Crippen LogP contribution in [0.15, 0.2) is 48.5 Å². The average Bonchev–Trinajstić information content (AvgIpc) is 3.14. The van der Waals surface area contributed by atoms with Crippen LogP contribution in [0.4, 0.5) is 4.79 Å². The molecule has 168 valence electrons. The van der Waals surface area contributed by atoms with Crippen molar-refractivity contribution in [1.82, 2.24) is 10.2 Å². The van der Waals surface area contributed by atoms with Gasteiger partial charge in [0.25, 0.3) is 0 Å². The summed E-state index contributed by atoms with van der Waals surface area (Å²) in [6, 6.07) is 15.2. The quantitative estimate of drug-likeness (QED) is 0.689. The Balaban J connectivity index is 1.42. The van der Waals surface area contributed by atoms with E-state index in [1.54, 1.807) is 4.90 Å². The minimum atomic E-state index is -1.00. The van der Waals surface area contributed by atoms with E-state index >= 15 is 0 Å². The first-order chi connectivity index (χ1) is 15.5. The third-order valence-electron chi connectivity index (χ3n) is 6.25. The van der Waals surface area contributed by atoms with Gasteiger partial charge in [0.1, 0.15) is 12.6 Å². The number of carbonyl (C=O) groups excluding carboxylic acids is 2. The molecular formula is C25H28N2O5. The molecule has 0 spiro atoms. The van der Waals surface area contributed by atoms with Crippen molar-refractivity contribution in [2.45, 2.75) is 44.1 Å². The van der Waals surface area contributed by atoms with Crippen molar-refractivity contribution in [2.24, 2.45) is 0 Å². The Kier molecular flexibility index (Phi) is 6.73. The van der Waals surface area contributed by atoms with E-state index in [0.717, 1.165) is 41.5 Å². The number of carbonyl (C=O) groups is 3. The summed E-state index contributed by atoms with van der Waals surface area (Å²) in [5.74, 6) is -1.32. The molecular weight excluding hydrogens is 408 g/mol. The predicted molar refractivity (Wildman–Crippen MR) is 119 cm³/mol. The van der Waals surface area contributed by atoms with Crippen molar-refractivity contribution in [3.8, 4) is 11.1 Å².